The van der Waals surface area contributed by atoms with Gasteiger partial charge in [0.1, 0.15) is 0 Å². The lowest BCUT2D eigenvalue weighted by Crippen LogP contribution is -2.02. The molecular weight excluding hydrogens is 172 g/mol. The molecule has 1 heterocycles. The predicted octanol–water partition coefficient (Wildman–Crippen LogP) is 2.89. The number of aromatic nitrogens is 2. The van der Waals surface area contributed by atoms with Gasteiger partial charge in [0.15, 0.2) is 0 Å². The van der Waals surface area contributed by atoms with Crippen LogP contribution >= 0.6 is 0 Å². The minimum atomic E-state index is 0.520. The van der Waals surface area contributed by atoms with Gasteiger partial charge in [0.05, 0.1) is 5.69 Å². The number of nitrogens with zero attached hydrogens (tertiary/aromatic N) is 2. The highest BCUT2D eigenvalue weighted by atomic mass is 15.3. The maximum absolute atomic E-state index is 4.60. The van der Waals surface area contributed by atoms with Gasteiger partial charge in [-0.15, -0.1) is 0 Å². The third kappa shape index (κ3) is 1.39. The molecule has 0 bridgehead atoms. The van der Waals surface area contributed by atoms with Crippen LogP contribution in [0.15, 0.2) is 5.57 Å². The monoisotopic (exact) mass is 190 g/mol. The number of rotatable bonds is 1. The number of hydrogen-bond acceptors (Lipinski definition) is 1. The van der Waals surface area contributed by atoms with Gasteiger partial charge in [0.25, 0.3) is 0 Å². The molecule has 0 N–H and O–H groups in total. The Balaban J connectivity index is 2.57. The molecule has 0 saturated carbocycles. The van der Waals surface area contributed by atoms with Gasteiger partial charge in [-0.2, -0.15) is 5.10 Å². The number of hydrogen-bond donors (Lipinski definition) is 0. The molecule has 1 aliphatic rings. The first kappa shape index (κ1) is 9.50. The Kier molecular flexibility index (Phi) is 2.22. The van der Waals surface area contributed by atoms with E-state index in [2.05, 4.69) is 39.0 Å². The molecule has 76 valence electrons. The van der Waals surface area contributed by atoms with Crippen LogP contribution in [0.4, 0.5) is 0 Å². The van der Waals surface area contributed by atoms with Crippen molar-refractivity contribution in [3.05, 3.63) is 22.5 Å². The highest BCUT2D eigenvalue weighted by Gasteiger charge is 2.19. The normalized spacial score (nSPS) is 15.6. The second-order valence-electron chi connectivity index (χ2n) is 4.51. The van der Waals surface area contributed by atoms with E-state index in [4.69, 9.17) is 0 Å². The average Bonchev–Trinajstić information content (AvgIpc) is 2.43. The minimum absolute atomic E-state index is 0.520. The molecule has 0 aliphatic heterocycles. The van der Waals surface area contributed by atoms with E-state index in [0.717, 1.165) is 6.42 Å². The molecule has 2 nitrogen and oxygen atoms in total. The standard InChI is InChI=1S/C12H18N2/c1-8(2)12-10-7-9(3)5-6-11(10)14(4)13-12/h7-8H,5-6H2,1-4H3. The van der Waals surface area contributed by atoms with Crippen LogP contribution in [0.5, 0.6) is 0 Å². The van der Waals surface area contributed by atoms with Crippen molar-refractivity contribution in [1.82, 2.24) is 9.78 Å². The van der Waals surface area contributed by atoms with E-state index in [1.165, 1.54) is 28.9 Å². The number of allylic oxidation sites excluding steroid dienone is 1. The first-order valence-electron chi connectivity index (χ1n) is 5.32. The lowest BCUT2D eigenvalue weighted by Gasteiger charge is -2.12. The van der Waals surface area contributed by atoms with E-state index in [1.807, 2.05) is 4.68 Å². The smallest absolute Gasteiger partial charge is 0.0725 e. The Morgan fingerprint density at radius 2 is 2.07 bits per heavy atom. The maximum Gasteiger partial charge on any atom is 0.0725 e. The first-order valence-corrected chi connectivity index (χ1v) is 5.32. The fourth-order valence-electron chi connectivity index (χ4n) is 2.11. The summed E-state index contributed by atoms with van der Waals surface area (Å²) in [6.45, 7) is 6.63. The van der Waals surface area contributed by atoms with Crippen molar-refractivity contribution < 1.29 is 0 Å². The van der Waals surface area contributed by atoms with E-state index >= 15 is 0 Å². The summed E-state index contributed by atoms with van der Waals surface area (Å²) in [4.78, 5) is 0. The van der Waals surface area contributed by atoms with Crippen LogP contribution in [0.1, 0.15) is 50.1 Å². The Morgan fingerprint density at radius 1 is 1.36 bits per heavy atom. The molecule has 0 radical (unpaired) electrons. The van der Waals surface area contributed by atoms with Gasteiger partial charge >= 0.3 is 0 Å². The second-order valence-corrected chi connectivity index (χ2v) is 4.51. The van der Waals surface area contributed by atoms with Gasteiger partial charge in [-0.05, 0) is 25.7 Å². The van der Waals surface area contributed by atoms with Gasteiger partial charge in [-0.1, -0.05) is 25.5 Å². The summed E-state index contributed by atoms with van der Waals surface area (Å²) in [7, 11) is 2.05. The molecule has 1 aromatic rings. The molecule has 2 rings (SSSR count). The van der Waals surface area contributed by atoms with Crippen molar-refractivity contribution in [2.75, 3.05) is 0 Å². The van der Waals surface area contributed by atoms with Crippen molar-refractivity contribution >= 4 is 6.08 Å². The fourth-order valence-corrected chi connectivity index (χ4v) is 2.11. The van der Waals surface area contributed by atoms with Crippen molar-refractivity contribution in [2.45, 2.75) is 39.5 Å². The molecule has 1 aliphatic carbocycles. The van der Waals surface area contributed by atoms with Crippen LogP contribution in [0.2, 0.25) is 0 Å². The van der Waals surface area contributed by atoms with Crippen LogP contribution in [-0.2, 0) is 13.5 Å². The van der Waals surface area contributed by atoms with E-state index in [1.54, 1.807) is 0 Å². The first-order chi connectivity index (χ1) is 6.59. The van der Waals surface area contributed by atoms with Crippen molar-refractivity contribution in [2.24, 2.45) is 7.05 Å². The lowest BCUT2D eigenvalue weighted by atomic mass is 9.94. The summed E-state index contributed by atoms with van der Waals surface area (Å²) < 4.78 is 2.05. The van der Waals surface area contributed by atoms with Crippen LogP contribution in [0.3, 0.4) is 0 Å². The Labute approximate surface area is 85.6 Å². The Morgan fingerprint density at radius 3 is 2.71 bits per heavy atom. The number of fused-ring (bicyclic) bond motifs is 1. The van der Waals surface area contributed by atoms with Crippen molar-refractivity contribution in [3.8, 4) is 0 Å². The second kappa shape index (κ2) is 3.26. The van der Waals surface area contributed by atoms with Crippen LogP contribution in [0, 0.1) is 0 Å². The lowest BCUT2D eigenvalue weighted by molar-refractivity contribution is 0.676. The summed E-state index contributed by atoms with van der Waals surface area (Å²) in [5.41, 5.74) is 5.51. The summed E-state index contributed by atoms with van der Waals surface area (Å²) in [6.07, 6.45) is 4.64. The molecule has 0 saturated heterocycles. The Bertz CT molecular complexity index is 383. The predicted molar refractivity (Wildman–Crippen MR) is 59.3 cm³/mol. The Hall–Kier alpha value is -1.05. The minimum Gasteiger partial charge on any atom is -0.272 e. The molecule has 0 fully saturated rings. The molecule has 14 heavy (non-hydrogen) atoms. The fraction of sp³-hybridized carbons (Fsp3) is 0.583. The summed E-state index contributed by atoms with van der Waals surface area (Å²) in [5.74, 6) is 0.520. The SMILES string of the molecule is CC1=Cc2c(C(C)C)nn(C)c2CC1. The molecule has 0 unspecified atom stereocenters. The van der Waals surface area contributed by atoms with E-state index in [-0.39, 0.29) is 0 Å². The van der Waals surface area contributed by atoms with Crippen LogP contribution in [-0.4, -0.2) is 9.78 Å². The molecule has 0 spiro atoms. The van der Waals surface area contributed by atoms with E-state index in [9.17, 15) is 0 Å². The van der Waals surface area contributed by atoms with Crippen molar-refractivity contribution in [3.63, 3.8) is 0 Å². The molecule has 1 aromatic heterocycles. The highest BCUT2D eigenvalue weighted by molar-refractivity contribution is 5.60. The van der Waals surface area contributed by atoms with Crippen molar-refractivity contribution in [1.29, 1.82) is 0 Å². The van der Waals surface area contributed by atoms with E-state index < -0.39 is 0 Å². The zero-order valence-electron chi connectivity index (χ0n) is 9.46. The molecule has 2 heteroatoms. The maximum atomic E-state index is 4.60. The topological polar surface area (TPSA) is 17.8 Å². The van der Waals surface area contributed by atoms with E-state index in [0.29, 0.717) is 5.92 Å². The quantitative estimate of drug-likeness (QED) is 0.665. The van der Waals surface area contributed by atoms with Crippen LogP contribution < -0.4 is 0 Å². The third-order valence-corrected chi connectivity index (χ3v) is 2.93. The molecule has 0 aromatic carbocycles. The van der Waals surface area contributed by atoms with Gasteiger partial charge < -0.3 is 0 Å². The summed E-state index contributed by atoms with van der Waals surface area (Å²) >= 11 is 0. The zero-order valence-corrected chi connectivity index (χ0v) is 9.46. The van der Waals surface area contributed by atoms with Gasteiger partial charge in [-0.25, -0.2) is 0 Å². The van der Waals surface area contributed by atoms with Crippen LogP contribution in [0.25, 0.3) is 6.08 Å². The molecular formula is C12H18N2. The van der Waals surface area contributed by atoms with Gasteiger partial charge in [0, 0.05) is 18.3 Å². The number of aryl methyl sites for hydroxylation is 1. The zero-order chi connectivity index (χ0) is 10.3. The third-order valence-electron chi connectivity index (χ3n) is 2.93. The van der Waals surface area contributed by atoms with Gasteiger partial charge in [0.2, 0.25) is 0 Å². The highest BCUT2D eigenvalue weighted by Crippen LogP contribution is 2.29. The summed E-state index contributed by atoms with van der Waals surface area (Å²) in [5, 5.41) is 4.60. The molecule has 0 amide bonds. The average molecular weight is 190 g/mol. The van der Waals surface area contributed by atoms with Gasteiger partial charge in [-0.3, -0.25) is 4.68 Å². The molecule has 0 atom stereocenters. The largest absolute Gasteiger partial charge is 0.272 e. The summed E-state index contributed by atoms with van der Waals surface area (Å²) in [6, 6.07) is 0.